The van der Waals surface area contributed by atoms with Crippen molar-refractivity contribution < 1.29 is 18.4 Å². The highest BCUT2D eigenvalue weighted by molar-refractivity contribution is 7.52. The lowest BCUT2D eigenvalue weighted by Gasteiger charge is -2.08. The third kappa shape index (κ3) is 4.49. The van der Waals surface area contributed by atoms with Gasteiger partial charge in [0.15, 0.2) is 0 Å². The molecule has 1 atom stereocenters. The first kappa shape index (κ1) is 9.62. The van der Waals surface area contributed by atoms with Gasteiger partial charge in [-0.05, 0) is 0 Å². The molecule has 1 unspecified atom stereocenters. The molecule has 0 spiro atoms. The fourth-order valence-corrected chi connectivity index (χ4v) is 0.701. The van der Waals surface area contributed by atoms with Crippen molar-refractivity contribution in [2.24, 2.45) is 5.73 Å². The van der Waals surface area contributed by atoms with Crippen molar-refractivity contribution in [3.8, 4) is 0 Å². The average Bonchev–Trinajstić information content (AvgIpc) is 1.85. The average molecular weight is 167 g/mol. The highest BCUT2D eigenvalue weighted by atomic mass is 31.2. The van der Waals surface area contributed by atoms with E-state index in [2.05, 4.69) is 9.05 Å². The summed E-state index contributed by atoms with van der Waals surface area (Å²) in [6, 6.07) is 0. The van der Waals surface area contributed by atoms with Crippen LogP contribution < -0.4 is 5.73 Å². The van der Waals surface area contributed by atoms with E-state index in [9.17, 15) is 9.36 Å². The van der Waals surface area contributed by atoms with E-state index in [1.165, 1.54) is 13.8 Å². The Hall–Kier alpha value is -0.380. The minimum atomic E-state index is -3.03. The molecule has 10 heavy (non-hydrogen) atoms. The maximum absolute atomic E-state index is 10.8. The van der Waals surface area contributed by atoms with E-state index in [1.54, 1.807) is 0 Å². The van der Waals surface area contributed by atoms with Gasteiger partial charge in [-0.3, -0.25) is 13.9 Å². The van der Waals surface area contributed by atoms with E-state index < -0.39 is 13.5 Å². The molecule has 0 bridgehead atoms. The molecule has 0 heterocycles. The van der Waals surface area contributed by atoms with Crippen molar-refractivity contribution >= 4 is 13.5 Å². The molecule has 1 amide bonds. The molecule has 0 saturated heterocycles. The SMILES string of the molecule is COP(C)(=O)OCC(N)=O. The van der Waals surface area contributed by atoms with Crippen LogP contribution in [0.3, 0.4) is 0 Å². The minimum Gasteiger partial charge on any atom is -0.368 e. The Bertz CT molecular complexity index is 169. The van der Waals surface area contributed by atoms with E-state index in [4.69, 9.17) is 5.73 Å². The Balaban J connectivity index is 3.68. The van der Waals surface area contributed by atoms with Gasteiger partial charge in [0.1, 0.15) is 6.61 Å². The van der Waals surface area contributed by atoms with E-state index >= 15 is 0 Å². The van der Waals surface area contributed by atoms with E-state index in [1.807, 2.05) is 0 Å². The van der Waals surface area contributed by atoms with Crippen LogP contribution in [0, 0.1) is 0 Å². The van der Waals surface area contributed by atoms with E-state index in [0.29, 0.717) is 0 Å². The first-order valence-electron chi connectivity index (χ1n) is 2.54. The first-order valence-corrected chi connectivity index (χ1v) is 4.53. The van der Waals surface area contributed by atoms with Gasteiger partial charge in [0.25, 0.3) is 0 Å². The second-order valence-electron chi connectivity index (χ2n) is 1.69. The molecule has 2 N–H and O–H groups in total. The van der Waals surface area contributed by atoms with Crippen LogP contribution in [0.4, 0.5) is 0 Å². The molecule has 0 aliphatic rings. The van der Waals surface area contributed by atoms with Crippen molar-refractivity contribution in [2.45, 2.75) is 0 Å². The smallest absolute Gasteiger partial charge is 0.327 e. The molecular weight excluding hydrogens is 157 g/mol. The summed E-state index contributed by atoms with van der Waals surface area (Å²) in [7, 11) is -1.79. The van der Waals surface area contributed by atoms with Crippen LogP contribution in [-0.2, 0) is 18.4 Å². The van der Waals surface area contributed by atoms with Crippen LogP contribution in [0.5, 0.6) is 0 Å². The quantitative estimate of drug-likeness (QED) is 0.595. The van der Waals surface area contributed by atoms with E-state index in [0.717, 1.165) is 0 Å². The Labute approximate surface area is 59.0 Å². The number of primary amides is 1. The van der Waals surface area contributed by atoms with Crippen molar-refractivity contribution in [1.82, 2.24) is 0 Å². The number of amides is 1. The molecule has 0 saturated carbocycles. The van der Waals surface area contributed by atoms with Gasteiger partial charge in [-0.25, -0.2) is 0 Å². The van der Waals surface area contributed by atoms with Crippen LogP contribution in [0.1, 0.15) is 0 Å². The number of hydrogen-bond acceptors (Lipinski definition) is 4. The molecule has 0 fully saturated rings. The van der Waals surface area contributed by atoms with Crippen LogP contribution in [0.25, 0.3) is 0 Å². The van der Waals surface area contributed by atoms with E-state index in [-0.39, 0.29) is 6.61 Å². The molecule has 60 valence electrons. The van der Waals surface area contributed by atoms with Crippen molar-refractivity contribution in [1.29, 1.82) is 0 Å². The molecule has 0 aliphatic carbocycles. The van der Waals surface area contributed by atoms with Crippen molar-refractivity contribution in [3.05, 3.63) is 0 Å². The molecule has 6 heteroatoms. The Morgan fingerprint density at radius 2 is 2.20 bits per heavy atom. The van der Waals surface area contributed by atoms with Crippen LogP contribution >= 0.6 is 7.60 Å². The van der Waals surface area contributed by atoms with Gasteiger partial charge in [-0.15, -0.1) is 0 Å². The Morgan fingerprint density at radius 3 is 2.50 bits per heavy atom. The predicted octanol–water partition coefficient (Wildman–Crippen LogP) is -0.0424. The third-order valence-corrected chi connectivity index (χ3v) is 2.03. The van der Waals surface area contributed by atoms with Gasteiger partial charge < -0.3 is 10.3 Å². The summed E-state index contributed by atoms with van der Waals surface area (Å²) in [6.45, 7) is 0.886. The summed E-state index contributed by atoms with van der Waals surface area (Å²) in [5, 5.41) is 0. The van der Waals surface area contributed by atoms with Gasteiger partial charge in [0, 0.05) is 13.8 Å². The predicted molar refractivity (Wildman–Crippen MR) is 35.7 cm³/mol. The summed E-state index contributed by atoms with van der Waals surface area (Å²) in [6.07, 6.45) is 0. The summed E-state index contributed by atoms with van der Waals surface area (Å²) in [4.78, 5) is 10.1. The fraction of sp³-hybridized carbons (Fsp3) is 0.750. The first-order chi connectivity index (χ1) is 4.48. The lowest BCUT2D eigenvalue weighted by molar-refractivity contribution is -0.120. The van der Waals surface area contributed by atoms with Gasteiger partial charge >= 0.3 is 7.60 Å². The molecule has 0 aromatic carbocycles. The molecule has 0 radical (unpaired) electrons. The molecule has 0 aromatic rings. The summed E-state index contributed by atoms with van der Waals surface area (Å²) in [5.41, 5.74) is 4.71. The largest absolute Gasteiger partial charge is 0.368 e. The maximum atomic E-state index is 10.8. The lowest BCUT2D eigenvalue weighted by Crippen LogP contribution is -2.17. The normalized spacial score (nSPS) is 16.2. The number of rotatable bonds is 4. The Morgan fingerprint density at radius 1 is 1.70 bits per heavy atom. The highest BCUT2D eigenvalue weighted by Gasteiger charge is 2.14. The molecule has 0 aromatic heterocycles. The zero-order valence-electron chi connectivity index (χ0n) is 5.86. The molecule has 0 rings (SSSR count). The third-order valence-electron chi connectivity index (χ3n) is 0.773. The topological polar surface area (TPSA) is 78.6 Å². The van der Waals surface area contributed by atoms with Crippen LogP contribution in [-0.4, -0.2) is 26.3 Å². The lowest BCUT2D eigenvalue weighted by atomic mass is 10.7. The highest BCUT2D eigenvalue weighted by Crippen LogP contribution is 2.42. The monoisotopic (exact) mass is 167 g/mol. The summed E-state index contributed by atoms with van der Waals surface area (Å²) >= 11 is 0. The summed E-state index contributed by atoms with van der Waals surface area (Å²) in [5.74, 6) is -0.667. The van der Waals surface area contributed by atoms with Gasteiger partial charge in [0.05, 0.1) is 0 Å². The maximum Gasteiger partial charge on any atom is 0.327 e. The van der Waals surface area contributed by atoms with Crippen LogP contribution in [0.15, 0.2) is 0 Å². The molecule has 0 aliphatic heterocycles. The number of carbonyl (C=O) groups is 1. The second kappa shape index (κ2) is 3.71. The number of hydrogen-bond donors (Lipinski definition) is 1. The van der Waals surface area contributed by atoms with Crippen molar-refractivity contribution in [2.75, 3.05) is 20.4 Å². The van der Waals surface area contributed by atoms with Crippen molar-refractivity contribution in [3.63, 3.8) is 0 Å². The summed E-state index contributed by atoms with van der Waals surface area (Å²) < 4.78 is 19.7. The molecular formula is C4H10NO4P. The van der Waals surface area contributed by atoms with Crippen LogP contribution in [0.2, 0.25) is 0 Å². The second-order valence-corrected chi connectivity index (χ2v) is 3.86. The Kier molecular flexibility index (Phi) is 3.57. The zero-order valence-corrected chi connectivity index (χ0v) is 6.76. The van der Waals surface area contributed by atoms with Gasteiger partial charge in [-0.1, -0.05) is 0 Å². The number of carbonyl (C=O) groups excluding carboxylic acids is 1. The standard InChI is InChI=1S/C4H10NO4P/c1-8-10(2,7)9-3-4(5)6/h3H2,1-2H3,(H2,5,6). The molecule has 5 nitrogen and oxygen atoms in total. The van der Waals surface area contributed by atoms with Gasteiger partial charge in [0.2, 0.25) is 5.91 Å². The minimum absolute atomic E-state index is 0.373. The van der Waals surface area contributed by atoms with Gasteiger partial charge in [-0.2, -0.15) is 0 Å². The number of nitrogens with two attached hydrogens (primary N) is 1. The fourth-order valence-electron chi connectivity index (χ4n) is 0.234. The zero-order chi connectivity index (χ0) is 8.20.